The van der Waals surface area contributed by atoms with Crippen LogP contribution in [0.3, 0.4) is 0 Å². The average molecular weight is 472 g/mol. The molecule has 4 heterocycles. The second-order valence-electron chi connectivity index (χ2n) is 8.47. The molecule has 0 radical (unpaired) electrons. The monoisotopic (exact) mass is 472 g/mol. The molecule has 2 aliphatic rings. The van der Waals surface area contributed by atoms with Gasteiger partial charge in [-0.25, -0.2) is 24.3 Å². The van der Waals surface area contributed by atoms with Crippen LogP contribution in [0.25, 0.3) is 11.4 Å². The van der Waals surface area contributed by atoms with Gasteiger partial charge in [-0.15, -0.1) is 0 Å². The van der Waals surface area contributed by atoms with Gasteiger partial charge in [0.1, 0.15) is 11.6 Å². The highest BCUT2D eigenvalue weighted by atomic mass is 19.4. The smallest absolute Gasteiger partial charge is 0.364 e. The number of alkyl halides is 3. The number of nitrogens with one attached hydrogen (secondary N) is 1. The second-order valence-corrected chi connectivity index (χ2v) is 8.47. The molecule has 176 valence electrons. The number of carbonyl (C=O) groups excluding carboxylic acids is 1. The highest BCUT2D eigenvalue weighted by Gasteiger charge is 2.49. The molecule has 2 aromatic heterocycles. The first-order chi connectivity index (χ1) is 16.2. The summed E-state index contributed by atoms with van der Waals surface area (Å²) in [5.41, 5.74) is -0.445. The van der Waals surface area contributed by atoms with Gasteiger partial charge >= 0.3 is 6.18 Å². The Morgan fingerprint density at radius 3 is 2.53 bits per heavy atom. The van der Waals surface area contributed by atoms with Crippen molar-refractivity contribution in [2.24, 2.45) is 0 Å². The van der Waals surface area contributed by atoms with Crippen LogP contribution in [0.5, 0.6) is 0 Å². The van der Waals surface area contributed by atoms with Crippen molar-refractivity contribution < 1.29 is 22.4 Å². The molecule has 0 spiro atoms. The summed E-state index contributed by atoms with van der Waals surface area (Å²) in [4.78, 5) is 30.9. The molecule has 34 heavy (non-hydrogen) atoms. The summed E-state index contributed by atoms with van der Waals surface area (Å²) in [7, 11) is 0. The molecule has 2 aliphatic heterocycles. The van der Waals surface area contributed by atoms with Gasteiger partial charge in [-0.2, -0.15) is 13.2 Å². The molecule has 0 saturated carbocycles. The lowest BCUT2D eigenvalue weighted by molar-refractivity contribution is -0.141. The first-order valence-corrected chi connectivity index (χ1v) is 10.8. The Morgan fingerprint density at radius 2 is 1.85 bits per heavy atom. The van der Waals surface area contributed by atoms with E-state index in [2.05, 4.69) is 25.3 Å². The van der Waals surface area contributed by atoms with Crippen molar-refractivity contribution >= 4 is 11.7 Å². The molecule has 1 N–H and O–H groups in total. The molecule has 1 amide bonds. The summed E-state index contributed by atoms with van der Waals surface area (Å²) in [6.07, 6.45) is 2.24. The molecule has 1 aromatic carbocycles. The zero-order valence-corrected chi connectivity index (χ0v) is 18.1. The van der Waals surface area contributed by atoms with Crippen molar-refractivity contribution in [3.05, 3.63) is 65.6 Å². The summed E-state index contributed by atoms with van der Waals surface area (Å²) < 4.78 is 53.4. The minimum absolute atomic E-state index is 0.0648. The minimum atomic E-state index is -4.56. The van der Waals surface area contributed by atoms with E-state index >= 15 is 4.39 Å². The van der Waals surface area contributed by atoms with Crippen LogP contribution in [0.15, 0.2) is 43.0 Å². The quantitative estimate of drug-likeness (QED) is 0.572. The van der Waals surface area contributed by atoms with Gasteiger partial charge < -0.3 is 10.2 Å². The number of aryl methyl sites for hydroxylation is 1. The van der Waals surface area contributed by atoms with Crippen LogP contribution >= 0.6 is 0 Å². The maximum atomic E-state index is 15.1. The lowest BCUT2D eigenvalue weighted by Crippen LogP contribution is -2.40. The number of fused-ring (bicyclic) bond motifs is 2. The van der Waals surface area contributed by atoms with Gasteiger partial charge in [0.25, 0.3) is 5.91 Å². The molecule has 2 saturated heterocycles. The highest BCUT2D eigenvalue weighted by molar-refractivity contribution is 6.01. The Kier molecular flexibility index (Phi) is 5.41. The third-order valence-corrected chi connectivity index (χ3v) is 6.40. The Balaban J connectivity index is 1.41. The number of aromatic nitrogens is 4. The van der Waals surface area contributed by atoms with E-state index in [1.54, 1.807) is 30.0 Å². The standard InChI is InChI=1S/C23H20F4N6O/c1-12-3-5-14(19(20(12)24)21-28-7-2-8-29-21)22(34)33-13-4-6-16(33)15(9-13)32-18-11-30-17(10-31-18)23(25,26)27/h2-3,5,7-8,10-11,13,15-16H,4,6,9H2,1H3,(H,31,32). The van der Waals surface area contributed by atoms with Crippen molar-refractivity contribution in [1.29, 1.82) is 0 Å². The number of hydrogen-bond acceptors (Lipinski definition) is 6. The molecule has 3 aromatic rings. The summed E-state index contributed by atoms with van der Waals surface area (Å²) >= 11 is 0. The van der Waals surface area contributed by atoms with Gasteiger partial charge in [-0.1, -0.05) is 6.07 Å². The predicted molar refractivity (Wildman–Crippen MR) is 114 cm³/mol. The van der Waals surface area contributed by atoms with Crippen LogP contribution in [0.4, 0.5) is 23.4 Å². The number of halogens is 4. The fourth-order valence-electron chi connectivity index (χ4n) is 4.84. The van der Waals surface area contributed by atoms with Crippen LogP contribution in [0.1, 0.15) is 40.9 Å². The van der Waals surface area contributed by atoms with E-state index in [9.17, 15) is 18.0 Å². The molecule has 7 nitrogen and oxygen atoms in total. The van der Waals surface area contributed by atoms with Crippen LogP contribution in [0.2, 0.25) is 0 Å². The zero-order chi connectivity index (χ0) is 24.0. The normalized spacial score (nSPS) is 21.7. The van der Waals surface area contributed by atoms with Crippen molar-refractivity contribution in [2.75, 3.05) is 5.32 Å². The van der Waals surface area contributed by atoms with E-state index in [4.69, 9.17) is 0 Å². The zero-order valence-electron chi connectivity index (χ0n) is 18.1. The SMILES string of the molecule is Cc1ccc(C(=O)N2C3CCC2C(Nc2cnc(C(F)(F)F)cn2)C3)c(-c2ncccn2)c1F. The average Bonchev–Trinajstić information content (AvgIpc) is 3.38. The van der Waals surface area contributed by atoms with Crippen LogP contribution < -0.4 is 5.32 Å². The van der Waals surface area contributed by atoms with Gasteiger partial charge in [0.05, 0.1) is 35.6 Å². The molecule has 11 heteroatoms. The molecule has 3 unspecified atom stereocenters. The Labute approximate surface area is 192 Å². The molecule has 0 aliphatic carbocycles. The second kappa shape index (κ2) is 8.30. The van der Waals surface area contributed by atoms with Gasteiger partial charge in [0, 0.05) is 18.4 Å². The highest BCUT2D eigenvalue weighted by Crippen LogP contribution is 2.41. The number of hydrogen-bond donors (Lipinski definition) is 1. The summed E-state index contributed by atoms with van der Waals surface area (Å²) in [6.45, 7) is 1.61. The maximum absolute atomic E-state index is 15.1. The number of amides is 1. The summed E-state index contributed by atoms with van der Waals surface area (Å²) in [5, 5.41) is 3.12. The molecular formula is C23H20F4N6O. The van der Waals surface area contributed by atoms with Crippen LogP contribution in [-0.4, -0.2) is 48.9 Å². The summed E-state index contributed by atoms with van der Waals surface area (Å²) in [5.74, 6) is -0.527. The van der Waals surface area contributed by atoms with Gasteiger partial charge in [0.2, 0.25) is 0 Å². The number of benzene rings is 1. The van der Waals surface area contributed by atoms with Crippen molar-refractivity contribution in [2.45, 2.75) is 50.5 Å². The number of carbonyl (C=O) groups is 1. The van der Waals surface area contributed by atoms with E-state index in [1.807, 2.05) is 0 Å². The third-order valence-electron chi connectivity index (χ3n) is 6.40. The largest absolute Gasteiger partial charge is 0.434 e. The topological polar surface area (TPSA) is 83.9 Å². The minimum Gasteiger partial charge on any atom is -0.364 e. The lowest BCUT2D eigenvalue weighted by atomic mass is 9.95. The fraction of sp³-hybridized carbons (Fsp3) is 0.348. The molecule has 2 bridgehead atoms. The first kappa shape index (κ1) is 22.2. The predicted octanol–water partition coefficient (Wildman–Crippen LogP) is 4.26. The number of anilines is 1. The van der Waals surface area contributed by atoms with Crippen LogP contribution in [-0.2, 0) is 6.18 Å². The maximum Gasteiger partial charge on any atom is 0.434 e. The molecule has 2 fully saturated rings. The Hall–Kier alpha value is -3.63. The van der Waals surface area contributed by atoms with Gasteiger partial charge in [0.15, 0.2) is 11.5 Å². The van der Waals surface area contributed by atoms with Gasteiger partial charge in [-0.05, 0) is 43.9 Å². The van der Waals surface area contributed by atoms with E-state index in [1.165, 1.54) is 12.4 Å². The Bertz CT molecular complexity index is 1220. The number of rotatable bonds is 4. The molecule has 5 rings (SSSR count). The lowest BCUT2D eigenvalue weighted by Gasteiger charge is -2.26. The van der Waals surface area contributed by atoms with E-state index in [-0.39, 0.29) is 46.8 Å². The van der Waals surface area contributed by atoms with E-state index in [0.29, 0.717) is 24.6 Å². The van der Waals surface area contributed by atoms with Crippen molar-refractivity contribution in [3.63, 3.8) is 0 Å². The fourth-order valence-corrected chi connectivity index (χ4v) is 4.84. The first-order valence-electron chi connectivity index (χ1n) is 10.8. The number of nitrogens with zero attached hydrogens (tertiary/aromatic N) is 5. The summed E-state index contributed by atoms with van der Waals surface area (Å²) in [6, 6.07) is 4.26. The molecular weight excluding hydrogens is 452 g/mol. The van der Waals surface area contributed by atoms with Gasteiger partial charge in [-0.3, -0.25) is 4.79 Å². The van der Waals surface area contributed by atoms with Crippen LogP contribution in [0, 0.1) is 12.7 Å². The van der Waals surface area contributed by atoms with E-state index < -0.39 is 17.7 Å². The Morgan fingerprint density at radius 1 is 1.09 bits per heavy atom. The van der Waals surface area contributed by atoms with Crippen molar-refractivity contribution in [1.82, 2.24) is 24.8 Å². The molecule has 3 atom stereocenters. The van der Waals surface area contributed by atoms with Crippen molar-refractivity contribution in [3.8, 4) is 11.4 Å². The van der Waals surface area contributed by atoms with E-state index in [0.717, 1.165) is 12.6 Å². The third kappa shape index (κ3) is 3.84.